The minimum Gasteiger partial charge on any atom is -0.383 e. The molecule has 140 valence electrons. The van der Waals surface area contributed by atoms with Gasteiger partial charge in [-0.15, -0.1) is 24.8 Å². The number of ether oxygens (including phenoxy) is 1. The maximum absolute atomic E-state index is 12.8. The maximum atomic E-state index is 12.8. The van der Waals surface area contributed by atoms with E-state index in [0.29, 0.717) is 13.2 Å². The van der Waals surface area contributed by atoms with Crippen LogP contribution in [0.2, 0.25) is 0 Å². The van der Waals surface area contributed by atoms with Gasteiger partial charge in [-0.2, -0.15) is 5.10 Å². The van der Waals surface area contributed by atoms with Crippen LogP contribution in [0.1, 0.15) is 12.8 Å². The molecule has 1 amide bonds. The van der Waals surface area contributed by atoms with E-state index in [9.17, 15) is 4.79 Å². The van der Waals surface area contributed by atoms with Gasteiger partial charge in [0, 0.05) is 39.1 Å². The van der Waals surface area contributed by atoms with E-state index < -0.39 is 5.54 Å². The molecule has 24 heavy (non-hydrogen) atoms. The van der Waals surface area contributed by atoms with Crippen molar-refractivity contribution in [3.8, 4) is 0 Å². The summed E-state index contributed by atoms with van der Waals surface area (Å²) in [4.78, 5) is 14.9. The molecule has 1 saturated heterocycles. The molecule has 1 aliphatic heterocycles. The Hall–Kier alpha value is -0.860. The standard InChI is InChI=1S/C15H27N5O2.2ClH/c1-19(12-13-22-2)11-9-17-14(21)15(4-7-16-8-5-15)20-10-3-6-18-20;;/h3,6,10,16H,4-5,7-9,11-13H2,1-2H3,(H,17,21);2*1H. The summed E-state index contributed by atoms with van der Waals surface area (Å²) in [6.45, 7) is 4.67. The van der Waals surface area contributed by atoms with Crippen LogP contribution < -0.4 is 10.6 Å². The molecular weight excluding hydrogens is 353 g/mol. The first kappa shape index (κ1) is 23.1. The lowest BCUT2D eigenvalue weighted by Gasteiger charge is -2.36. The van der Waals surface area contributed by atoms with Crippen molar-refractivity contribution in [1.82, 2.24) is 25.3 Å². The van der Waals surface area contributed by atoms with Crippen LogP contribution >= 0.6 is 24.8 Å². The predicted molar refractivity (Wildman–Crippen MR) is 99.2 cm³/mol. The van der Waals surface area contributed by atoms with Crippen molar-refractivity contribution in [2.75, 3.05) is 53.5 Å². The van der Waals surface area contributed by atoms with E-state index in [1.54, 1.807) is 13.3 Å². The third-order valence-corrected chi connectivity index (χ3v) is 4.25. The summed E-state index contributed by atoms with van der Waals surface area (Å²) in [7, 11) is 3.72. The zero-order valence-corrected chi connectivity index (χ0v) is 16.0. The van der Waals surface area contributed by atoms with E-state index >= 15 is 0 Å². The Morgan fingerprint density at radius 1 is 1.38 bits per heavy atom. The first-order valence-corrected chi connectivity index (χ1v) is 7.86. The monoisotopic (exact) mass is 381 g/mol. The van der Waals surface area contributed by atoms with Gasteiger partial charge < -0.3 is 20.3 Å². The molecule has 0 radical (unpaired) electrons. The van der Waals surface area contributed by atoms with Crippen LogP contribution in [0.5, 0.6) is 0 Å². The molecule has 0 aliphatic carbocycles. The number of aromatic nitrogens is 2. The zero-order chi connectivity index (χ0) is 15.8. The van der Waals surface area contributed by atoms with Gasteiger partial charge in [0.2, 0.25) is 5.91 Å². The van der Waals surface area contributed by atoms with Gasteiger partial charge in [0.15, 0.2) is 0 Å². The highest BCUT2D eigenvalue weighted by Gasteiger charge is 2.41. The smallest absolute Gasteiger partial charge is 0.248 e. The molecule has 1 aromatic heterocycles. The number of likely N-dealkylation sites (N-methyl/N-ethyl adjacent to an activating group) is 1. The van der Waals surface area contributed by atoms with Gasteiger partial charge in [0.25, 0.3) is 0 Å². The van der Waals surface area contributed by atoms with Gasteiger partial charge in [0.1, 0.15) is 5.54 Å². The molecule has 2 rings (SSSR count). The number of halogens is 2. The Kier molecular flexibility index (Phi) is 11.2. The predicted octanol–water partition coefficient (Wildman–Crippen LogP) is 0.500. The van der Waals surface area contributed by atoms with Crippen molar-refractivity contribution >= 4 is 30.7 Å². The Labute approximate surface area is 156 Å². The number of hydrogen-bond acceptors (Lipinski definition) is 5. The summed E-state index contributed by atoms with van der Waals surface area (Å²) in [5.41, 5.74) is -0.556. The Morgan fingerprint density at radius 2 is 2.08 bits per heavy atom. The van der Waals surface area contributed by atoms with Gasteiger partial charge in [-0.1, -0.05) is 0 Å². The second-order valence-electron chi connectivity index (χ2n) is 5.78. The van der Waals surface area contributed by atoms with Crippen molar-refractivity contribution in [3.05, 3.63) is 18.5 Å². The lowest BCUT2D eigenvalue weighted by molar-refractivity contribution is -0.132. The van der Waals surface area contributed by atoms with Crippen molar-refractivity contribution in [3.63, 3.8) is 0 Å². The van der Waals surface area contributed by atoms with Crippen molar-refractivity contribution in [2.24, 2.45) is 0 Å². The number of rotatable bonds is 8. The molecule has 1 aliphatic rings. The Morgan fingerprint density at radius 3 is 2.67 bits per heavy atom. The van der Waals surface area contributed by atoms with Crippen molar-refractivity contribution < 1.29 is 9.53 Å². The molecule has 0 spiro atoms. The quantitative estimate of drug-likeness (QED) is 0.685. The SMILES string of the molecule is COCCN(C)CCNC(=O)C1(n2cccn2)CCNCC1.Cl.Cl. The first-order valence-electron chi connectivity index (χ1n) is 7.86. The van der Waals surface area contributed by atoms with Crippen LogP contribution in [-0.4, -0.2) is 74.1 Å². The number of nitrogens with zero attached hydrogens (tertiary/aromatic N) is 3. The minimum atomic E-state index is -0.556. The summed E-state index contributed by atoms with van der Waals surface area (Å²) in [5.74, 6) is 0.0674. The maximum Gasteiger partial charge on any atom is 0.248 e. The average Bonchev–Trinajstić information content (AvgIpc) is 3.08. The molecule has 7 nitrogen and oxygen atoms in total. The van der Waals surface area contributed by atoms with E-state index in [1.165, 1.54) is 0 Å². The fourth-order valence-corrected chi connectivity index (χ4v) is 2.81. The zero-order valence-electron chi connectivity index (χ0n) is 14.4. The van der Waals surface area contributed by atoms with E-state index in [-0.39, 0.29) is 30.7 Å². The van der Waals surface area contributed by atoms with Crippen LogP contribution in [0.15, 0.2) is 18.5 Å². The van der Waals surface area contributed by atoms with Gasteiger partial charge in [0.05, 0.1) is 6.61 Å². The van der Waals surface area contributed by atoms with E-state index in [1.807, 2.05) is 24.0 Å². The normalized spacial score (nSPS) is 16.1. The highest BCUT2D eigenvalue weighted by atomic mass is 35.5. The lowest BCUT2D eigenvalue weighted by Crippen LogP contribution is -2.55. The Bertz CT molecular complexity index is 453. The number of carbonyl (C=O) groups excluding carboxylic acids is 1. The first-order chi connectivity index (χ1) is 10.7. The van der Waals surface area contributed by atoms with Gasteiger partial charge in [-0.25, -0.2) is 0 Å². The fraction of sp³-hybridized carbons (Fsp3) is 0.733. The van der Waals surface area contributed by atoms with Gasteiger partial charge >= 0.3 is 0 Å². The Balaban J connectivity index is 0.00000264. The highest BCUT2D eigenvalue weighted by molar-refractivity contribution is 5.85. The second kappa shape index (κ2) is 11.7. The molecule has 0 saturated carbocycles. The van der Waals surface area contributed by atoms with Crippen LogP contribution in [0.4, 0.5) is 0 Å². The summed E-state index contributed by atoms with van der Waals surface area (Å²) in [5, 5.41) is 10.7. The molecule has 2 heterocycles. The van der Waals surface area contributed by atoms with Gasteiger partial charge in [-0.05, 0) is 39.0 Å². The molecule has 0 bridgehead atoms. The summed E-state index contributed by atoms with van der Waals surface area (Å²) < 4.78 is 6.87. The number of hydrogen-bond donors (Lipinski definition) is 2. The molecule has 0 aromatic carbocycles. The highest BCUT2D eigenvalue weighted by Crippen LogP contribution is 2.26. The molecule has 1 aromatic rings. The molecule has 0 atom stereocenters. The summed E-state index contributed by atoms with van der Waals surface area (Å²) >= 11 is 0. The van der Waals surface area contributed by atoms with Crippen LogP contribution in [-0.2, 0) is 15.1 Å². The van der Waals surface area contributed by atoms with E-state index in [0.717, 1.165) is 39.0 Å². The number of nitrogens with one attached hydrogen (secondary N) is 2. The second-order valence-corrected chi connectivity index (χ2v) is 5.78. The van der Waals surface area contributed by atoms with Crippen molar-refractivity contribution in [2.45, 2.75) is 18.4 Å². The van der Waals surface area contributed by atoms with E-state index in [2.05, 4.69) is 20.6 Å². The largest absolute Gasteiger partial charge is 0.383 e. The average molecular weight is 382 g/mol. The topological polar surface area (TPSA) is 71.4 Å². The molecule has 9 heteroatoms. The molecule has 0 unspecified atom stereocenters. The molecule has 1 fully saturated rings. The molecule has 2 N–H and O–H groups in total. The third-order valence-electron chi connectivity index (χ3n) is 4.25. The molecular formula is C15H29Cl2N5O2. The van der Waals surface area contributed by atoms with Crippen molar-refractivity contribution in [1.29, 1.82) is 0 Å². The summed E-state index contributed by atoms with van der Waals surface area (Å²) in [6, 6.07) is 1.87. The van der Waals surface area contributed by atoms with E-state index in [4.69, 9.17) is 4.74 Å². The minimum absolute atomic E-state index is 0. The third kappa shape index (κ3) is 5.89. The number of amides is 1. The number of carbonyl (C=O) groups is 1. The summed E-state index contributed by atoms with van der Waals surface area (Å²) in [6.07, 6.45) is 5.14. The van der Waals surface area contributed by atoms with Crippen LogP contribution in [0.3, 0.4) is 0 Å². The number of piperidine rings is 1. The fourth-order valence-electron chi connectivity index (χ4n) is 2.81. The van der Waals surface area contributed by atoms with Crippen LogP contribution in [0, 0.1) is 0 Å². The van der Waals surface area contributed by atoms with Crippen LogP contribution in [0.25, 0.3) is 0 Å². The lowest BCUT2D eigenvalue weighted by atomic mass is 9.87. The van der Waals surface area contributed by atoms with Gasteiger partial charge in [-0.3, -0.25) is 9.48 Å². The number of methoxy groups -OCH3 is 1.